The average Bonchev–Trinajstić information content (AvgIpc) is 3.04. The number of nitrogens with zero attached hydrogens (tertiary/aromatic N) is 1. The zero-order valence-corrected chi connectivity index (χ0v) is 25.0. The minimum Gasteiger partial charge on any atom is -0.497 e. The van der Waals surface area contributed by atoms with Crippen LogP contribution >= 0.6 is 0 Å². The predicted molar refractivity (Wildman–Crippen MR) is 164 cm³/mol. The molecule has 0 fully saturated rings. The molecule has 242 valence electrons. The Kier molecular flexibility index (Phi) is 9.75. The van der Waals surface area contributed by atoms with Gasteiger partial charge in [0.2, 0.25) is 0 Å². The lowest BCUT2D eigenvalue weighted by atomic mass is 9.86. The standard InChI is InChI=1S/C34H29NO12/c1-43-22-12-14-23(15-13-22)44-24-9-4-6-20(16-24)19-35(27-11-5-8-21-7-2-3-10-25(21)27)31(36)26-17-29(46-33(39)40)30(47-34(41)42)18-28(26)45-32(37)38/h2-4,6-7,9-10,12-18,27H,5,8,11,19H2,1H3,(H,37,38)(H,39,40)(H,41,42)/t27-/m0/s1. The topological polar surface area (TPSA) is 178 Å². The second-order valence-electron chi connectivity index (χ2n) is 10.4. The molecule has 1 aliphatic rings. The second-order valence-corrected chi connectivity index (χ2v) is 10.4. The number of hydrogen-bond acceptors (Lipinski definition) is 9. The number of amides is 1. The monoisotopic (exact) mass is 643 g/mol. The molecule has 0 unspecified atom stereocenters. The first-order valence-electron chi connectivity index (χ1n) is 14.3. The number of rotatable bonds is 10. The van der Waals surface area contributed by atoms with Crippen LogP contribution in [0.5, 0.6) is 34.5 Å². The normalized spacial score (nSPS) is 13.4. The first kappa shape index (κ1) is 32.2. The number of carbonyl (C=O) groups excluding carboxylic acids is 1. The lowest BCUT2D eigenvalue weighted by Gasteiger charge is -2.36. The minimum atomic E-state index is -1.84. The number of ether oxygens (including phenoxy) is 5. The second kappa shape index (κ2) is 14.2. The van der Waals surface area contributed by atoms with Crippen LogP contribution in [0.1, 0.15) is 45.9 Å². The van der Waals surface area contributed by atoms with Crippen molar-refractivity contribution in [1.29, 1.82) is 0 Å². The Morgan fingerprint density at radius 3 is 2.04 bits per heavy atom. The molecule has 0 aliphatic heterocycles. The van der Waals surface area contributed by atoms with Gasteiger partial charge >= 0.3 is 18.5 Å². The highest BCUT2D eigenvalue weighted by Gasteiger charge is 2.33. The molecule has 0 heterocycles. The summed E-state index contributed by atoms with van der Waals surface area (Å²) in [6.45, 7) is 0.0205. The number of methoxy groups -OCH3 is 1. The van der Waals surface area contributed by atoms with Gasteiger partial charge in [-0.2, -0.15) is 0 Å². The van der Waals surface area contributed by atoms with Crippen molar-refractivity contribution in [3.8, 4) is 34.5 Å². The van der Waals surface area contributed by atoms with E-state index in [1.807, 2.05) is 24.3 Å². The average molecular weight is 644 g/mol. The van der Waals surface area contributed by atoms with Crippen LogP contribution in [0.15, 0.2) is 84.9 Å². The van der Waals surface area contributed by atoms with E-state index in [0.717, 1.165) is 36.1 Å². The third kappa shape index (κ3) is 7.89. The number of benzene rings is 4. The largest absolute Gasteiger partial charge is 0.511 e. The van der Waals surface area contributed by atoms with Crippen LogP contribution in [-0.2, 0) is 13.0 Å². The Bertz CT molecular complexity index is 1800. The van der Waals surface area contributed by atoms with E-state index in [-0.39, 0.29) is 6.54 Å². The van der Waals surface area contributed by atoms with Gasteiger partial charge in [0, 0.05) is 18.7 Å². The summed E-state index contributed by atoms with van der Waals surface area (Å²) in [4.78, 5) is 50.4. The molecule has 0 saturated heterocycles. The maximum absolute atomic E-state index is 14.5. The van der Waals surface area contributed by atoms with Crippen molar-refractivity contribution in [2.24, 2.45) is 0 Å². The van der Waals surface area contributed by atoms with Gasteiger partial charge in [-0.3, -0.25) is 4.79 Å². The molecule has 0 spiro atoms. The maximum Gasteiger partial charge on any atom is 0.511 e. The smallest absolute Gasteiger partial charge is 0.497 e. The van der Waals surface area contributed by atoms with Crippen molar-refractivity contribution in [3.63, 3.8) is 0 Å². The molecule has 0 bridgehead atoms. The highest BCUT2D eigenvalue weighted by Crippen LogP contribution is 2.40. The lowest BCUT2D eigenvalue weighted by molar-refractivity contribution is 0.0633. The van der Waals surface area contributed by atoms with E-state index in [0.29, 0.717) is 29.2 Å². The molecule has 1 aliphatic carbocycles. The van der Waals surface area contributed by atoms with E-state index < -0.39 is 53.2 Å². The fourth-order valence-corrected chi connectivity index (χ4v) is 5.45. The van der Waals surface area contributed by atoms with Crippen LogP contribution in [0.3, 0.4) is 0 Å². The molecule has 4 aromatic rings. The van der Waals surface area contributed by atoms with Crippen molar-refractivity contribution >= 4 is 24.4 Å². The third-order valence-corrected chi connectivity index (χ3v) is 7.39. The molecule has 1 amide bonds. The van der Waals surface area contributed by atoms with Crippen LogP contribution in [-0.4, -0.2) is 51.7 Å². The minimum absolute atomic E-state index is 0.0205. The summed E-state index contributed by atoms with van der Waals surface area (Å²) < 4.78 is 25.4. The van der Waals surface area contributed by atoms with Gasteiger partial charge in [0.05, 0.1) is 18.7 Å². The van der Waals surface area contributed by atoms with E-state index in [2.05, 4.69) is 4.74 Å². The van der Waals surface area contributed by atoms with Crippen molar-refractivity contribution in [2.75, 3.05) is 7.11 Å². The van der Waals surface area contributed by atoms with Gasteiger partial charge < -0.3 is 43.9 Å². The van der Waals surface area contributed by atoms with Gasteiger partial charge in [0.15, 0.2) is 17.2 Å². The Labute approximate surface area is 268 Å². The summed E-state index contributed by atoms with van der Waals surface area (Å²) in [6.07, 6.45) is -3.34. The van der Waals surface area contributed by atoms with Gasteiger partial charge in [-0.15, -0.1) is 0 Å². The van der Waals surface area contributed by atoms with Crippen LogP contribution in [0.4, 0.5) is 14.4 Å². The zero-order valence-electron chi connectivity index (χ0n) is 25.0. The molecule has 5 rings (SSSR count). The fraction of sp³-hybridized carbons (Fsp3) is 0.176. The van der Waals surface area contributed by atoms with Gasteiger partial charge in [0.1, 0.15) is 17.2 Å². The lowest BCUT2D eigenvalue weighted by Crippen LogP contribution is -2.36. The summed E-state index contributed by atoms with van der Waals surface area (Å²) in [5.41, 5.74) is 2.21. The van der Waals surface area contributed by atoms with E-state index in [4.69, 9.17) is 24.1 Å². The summed E-state index contributed by atoms with van der Waals surface area (Å²) in [7, 11) is 1.56. The molecule has 1 atom stereocenters. The molecular formula is C34H29NO12. The van der Waals surface area contributed by atoms with Crippen LogP contribution < -0.4 is 23.7 Å². The molecule has 47 heavy (non-hydrogen) atoms. The summed E-state index contributed by atoms with van der Waals surface area (Å²) in [5.74, 6) is -0.943. The van der Waals surface area contributed by atoms with E-state index >= 15 is 0 Å². The van der Waals surface area contributed by atoms with E-state index in [1.165, 1.54) is 4.90 Å². The molecule has 0 saturated carbocycles. The molecule has 13 heteroatoms. The van der Waals surface area contributed by atoms with Crippen molar-refractivity contribution < 1.29 is 58.2 Å². The molecule has 0 radical (unpaired) electrons. The van der Waals surface area contributed by atoms with Gasteiger partial charge in [-0.1, -0.05) is 36.4 Å². The summed E-state index contributed by atoms with van der Waals surface area (Å²) in [6, 6.07) is 22.9. The Balaban J connectivity index is 1.58. The van der Waals surface area contributed by atoms with Crippen molar-refractivity contribution in [1.82, 2.24) is 4.90 Å². The SMILES string of the molecule is COc1ccc(Oc2cccc(CN(C(=O)c3cc(OC(=O)O)c(OC(=O)O)cc3OC(=O)O)[C@H]3CCCc4ccccc43)c2)cc1. The number of fused-ring (bicyclic) bond motifs is 1. The van der Waals surface area contributed by atoms with Crippen molar-refractivity contribution in [2.45, 2.75) is 31.8 Å². The number of aryl methyl sites for hydroxylation is 1. The van der Waals surface area contributed by atoms with E-state index in [1.54, 1.807) is 55.6 Å². The van der Waals surface area contributed by atoms with Crippen LogP contribution in [0.2, 0.25) is 0 Å². The third-order valence-electron chi connectivity index (χ3n) is 7.39. The molecule has 4 aromatic carbocycles. The van der Waals surface area contributed by atoms with Gasteiger partial charge in [-0.25, -0.2) is 14.4 Å². The molecule has 3 N–H and O–H groups in total. The van der Waals surface area contributed by atoms with Gasteiger partial charge in [-0.05, 0) is 72.4 Å². The zero-order chi connectivity index (χ0) is 33.5. The molecule has 0 aromatic heterocycles. The van der Waals surface area contributed by atoms with Crippen LogP contribution in [0.25, 0.3) is 0 Å². The van der Waals surface area contributed by atoms with Crippen molar-refractivity contribution in [3.05, 3.63) is 107 Å². The first-order valence-corrected chi connectivity index (χ1v) is 14.3. The highest BCUT2D eigenvalue weighted by atomic mass is 16.7. The number of hydrogen-bond donors (Lipinski definition) is 3. The van der Waals surface area contributed by atoms with Crippen LogP contribution in [0, 0.1) is 0 Å². The Hall–Kier alpha value is -6.24. The first-order chi connectivity index (χ1) is 22.6. The maximum atomic E-state index is 14.5. The number of carboxylic acid groups (broad SMARTS) is 3. The number of carbonyl (C=O) groups is 4. The predicted octanol–water partition coefficient (Wildman–Crippen LogP) is 7.38. The molecule has 13 nitrogen and oxygen atoms in total. The quantitative estimate of drug-likeness (QED) is 0.115. The molecular weight excluding hydrogens is 614 g/mol. The summed E-state index contributed by atoms with van der Waals surface area (Å²) in [5, 5.41) is 27.9. The summed E-state index contributed by atoms with van der Waals surface area (Å²) >= 11 is 0. The highest BCUT2D eigenvalue weighted by molar-refractivity contribution is 5.99. The Morgan fingerprint density at radius 2 is 1.36 bits per heavy atom. The fourth-order valence-electron chi connectivity index (χ4n) is 5.45. The van der Waals surface area contributed by atoms with Gasteiger partial charge in [0.25, 0.3) is 5.91 Å². The van der Waals surface area contributed by atoms with E-state index in [9.17, 15) is 29.4 Å². The Morgan fingerprint density at radius 1 is 0.723 bits per heavy atom.